The quantitative estimate of drug-likeness (QED) is 0.941. The number of aromatic nitrogens is 1. The molecule has 1 unspecified atom stereocenters. The highest BCUT2D eigenvalue weighted by Gasteiger charge is 2.20. The van der Waals surface area contributed by atoms with Crippen LogP contribution in [-0.2, 0) is 4.74 Å². The van der Waals surface area contributed by atoms with Gasteiger partial charge in [-0.1, -0.05) is 12.1 Å². The zero-order valence-electron chi connectivity index (χ0n) is 14.1. The Labute approximate surface area is 137 Å². The molecule has 23 heavy (non-hydrogen) atoms. The lowest BCUT2D eigenvalue weighted by molar-refractivity contribution is 0.0857. The summed E-state index contributed by atoms with van der Waals surface area (Å²) in [6.07, 6.45) is 2.28. The Morgan fingerprint density at radius 3 is 2.83 bits per heavy atom. The maximum Gasteiger partial charge on any atom is 0.253 e. The summed E-state index contributed by atoms with van der Waals surface area (Å²) in [5, 5.41) is 3.01. The summed E-state index contributed by atoms with van der Waals surface area (Å²) < 4.78 is 7.69. The van der Waals surface area contributed by atoms with E-state index in [1.54, 1.807) is 0 Å². The lowest BCUT2D eigenvalue weighted by atomic mass is 10.2. The number of carbonyl (C=O) groups is 1. The summed E-state index contributed by atoms with van der Waals surface area (Å²) in [6.45, 7) is 7.50. The van der Waals surface area contributed by atoms with Crippen LogP contribution < -0.4 is 5.32 Å². The van der Waals surface area contributed by atoms with Gasteiger partial charge in [-0.25, -0.2) is 0 Å². The summed E-state index contributed by atoms with van der Waals surface area (Å²) in [5.74, 6) is -0.0208. The van der Waals surface area contributed by atoms with E-state index in [1.165, 1.54) is 5.56 Å². The third-order valence-electron chi connectivity index (χ3n) is 4.45. The molecule has 122 valence electrons. The van der Waals surface area contributed by atoms with E-state index in [9.17, 15) is 4.79 Å². The molecule has 0 radical (unpaired) electrons. The topological polar surface area (TPSA) is 43.3 Å². The van der Waals surface area contributed by atoms with Crippen molar-refractivity contribution in [2.45, 2.75) is 39.7 Å². The first-order valence-corrected chi connectivity index (χ1v) is 8.22. The molecular weight excluding hydrogens is 288 g/mol. The molecule has 1 fully saturated rings. The third kappa shape index (κ3) is 3.32. The average Bonchev–Trinajstić information content (AvgIpc) is 3.13. The number of ether oxygens (including phenoxy) is 1. The minimum Gasteiger partial charge on any atom is -0.376 e. The first-order valence-electron chi connectivity index (χ1n) is 8.22. The number of hydrogen-bond donors (Lipinski definition) is 1. The van der Waals surface area contributed by atoms with Gasteiger partial charge in [0.1, 0.15) is 0 Å². The van der Waals surface area contributed by atoms with Gasteiger partial charge in [0.15, 0.2) is 0 Å². The molecule has 0 bridgehead atoms. The maximum absolute atomic E-state index is 12.5. The molecule has 1 aromatic heterocycles. The molecule has 1 aromatic carbocycles. The predicted molar refractivity (Wildman–Crippen MR) is 91.3 cm³/mol. The van der Waals surface area contributed by atoms with Gasteiger partial charge in [-0.3, -0.25) is 4.79 Å². The van der Waals surface area contributed by atoms with Crippen LogP contribution >= 0.6 is 0 Å². The normalized spacial score (nSPS) is 17.4. The van der Waals surface area contributed by atoms with Gasteiger partial charge in [-0.05, 0) is 57.4 Å². The van der Waals surface area contributed by atoms with E-state index in [-0.39, 0.29) is 12.0 Å². The number of rotatable bonds is 4. The van der Waals surface area contributed by atoms with Crippen molar-refractivity contribution in [3.63, 3.8) is 0 Å². The average molecular weight is 312 g/mol. The molecule has 0 aliphatic carbocycles. The van der Waals surface area contributed by atoms with Crippen molar-refractivity contribution in [1.82, 2.24) is 9.88 Å². The van der Waals surface area contributed by atoms with Crippen LogP contribution in [0.2, 0.25) is 0 Å². The predicted octanol–water partition coefficient (Wildman–Crippen LogP) is 3.31. The molecule has 4 nitrogen and oxygen atoms in total. The number of nitrogens with one attached hydrogen (secondary N) is 1. The first-order chi connectivity index (χ1) is 11.1. The van der Waals surface area contributed by atoms with Gasteiger partial charge >= 0.3 is 0 Å². The Hall–Kier alpha value is -2.07. The monoisotopic (exact) mass is 312 g/mol. The number of benzene rings is 1. The van der Waals surface area contributed by atoms with Gasteiger partial charge in [-0.15, -0.1) is 0 Å². The number of carbonyl (C=O) groups excluding carboxylic acids is 1. The van der Waals surface area contributed by atoms with E-state index < -0.39 is 0 Å². The van der Waals surface area contributed by atoms with E-state index in [0.29, 0.717) is 6.54 Å². The van der Waals surface area contributed by atoms with Gasteiger partial charge in [0, 0.05) is 30.2 Å². The summed E-state index contributed by atoms with van der Waals surface area (Å²) in [4.78, 5) is 12.5. The Bertz CT molecular complexity index is 712. The van der Waals surface area contributed by atoms with Crippen molar-refractivity contribution >= 4 is 5.91 Å². The second-order valence-electron chi connectivity index (χ2n) is 6.30. The molecule has 1 aliphatic heterocycles. The molecule has 2 aromatic rings. The standard InChI is InChI=1S/C19H24N2O2/c1-13-6-4-7-16(10-13)21-14(2)11-18(15(21)3)19(22)20-12-17-8-5-9-23-17/h4,6-7,10-11,17H,5,8-9,12H2,1-3H3,(H,20,22). The van der Waals surface area contributed by atoms with Crippen LogP contribution in [0.25, 0.3) is 5.69 Å². The van der Waals surface area contributed by atoms with Crippen LogP contribution in [0, 0.1) is 20.8 Å². The summed E-state index contributed by atoms with van der Waals surface area (Å²) in [7, 11) is 0. The first kappa shape index (κ1) is 15.8. The van der Waals surface area contributed by atoms with Gasteiger partial charge < -0.3 is 14.6 Å². The second-order valence-corrected chi connectivity index (χ2v) is 6.30. The number of nitrogens with zero attached hydrogens (tertiary/aromatic N) is 1. The fourth-order valence-corrected chi connectivity index (χ4v) is 3.26. The lowest BCUT2D eigenvalue weighted by Gasteiger charge is -2.12. The van der Waals surface area contributed by atoms with Crippen molar-refractivity contribution in [2.75, 3.05) is 13.2 Å². The molecule has 1 N–H and O–H groups in total. The highest BCUT2D eigenvalue weighted by atomic mass is 16.5. The van der Waals surface area contributed by atoms with Gasteiger partial charge in [0.25, 0.3) is 5.91 Å². The van der Waals surface area contributed by atoms with Crippen molar-refractivity contribution in [2.24, 2.45) is 0 Å². The minimum absolute atomic E-state index is 0.0208. The molecule has 3 rings (SSSR count). The van der Waals surface area contributed by atoms with Crippen LogP contribution in [0.15, 0.2) is 30.3 Å². The van der Waals surface area contributed by atoms with Crippen molar-refractivity contribution in [3.05, 3.63) is 52.8 Å². The molecular formula is C19H24N2O2. The highest BCUT2D eigenvalue weighted by Crippen LogP contribution is 2.21. The fraction of sp³-hybridized carbons (Fsp3) is 0.421. The number of hydrogen-bond acceptors (Lipinski definition) is 2. The summed E-state index contributed by atoms with van der Waals surface area (Å²) in [5.41, 5.74) is 5.08. The summed E-state index contributed by atoms with van der Waals surface area (Å²) in [6, 6.07) is 10.3. The van der Waals surface area contributed by atoms with Gasteiger partial charge in [-0.2, -0.15) is 0 Å². The van der Waals surface area contributed by atoms with Gasteiger partial charge in [0.2, 0.25) is 0 Å². The molecule has 4 heteroatoms. The molecule has 0 saturated carbocycles. The van der Waals surface area contributed by atoms with Gasteiger partial charge in [0.05, 0.1) is 11.7 Å². The number of aryl methyl sites for hydroxylation is 2. The maximum atomic E-state index is 12.5. The van der Waals surface area contributed by atoms with Crippen LogP contribution in [0.5, 0.6) is 0 Å². The second kappa shape index (κ2) is 6.59. The van der Waals surface area contributed by atoms with Crippen molar-refractivity contribution in [1.29, 1.82) is 0 Å². The third-order valence-corrected chi connectivity index (χ3v) is 4.45. The largest absolute Gasteiger partial charge is 0.376 e. The summed E-state index contributed by atoms with van der Waals surface area (Å²) >= 11 is 0. The molecule has 0 spiro atoms. The van der Waals surface area contributed by atoms with E-state index in [1.807, 2.05) is 26.0 Å². The molecule has 1 atom stereocenters. The SMILES string of the molecule is Cc1cccc(-n2c(C)cc(C(=O)NCC3CCCO3)c2C)c1. The zero-order valence-corrected chi connectivity index (χ0v) is 14.1. The van der Waals surface area contributed by atoms with Crippen LogP contribution in [-0.4, -0.2) is 29.7 Å². The van der Waals surface area contributed by atoms with Crippen molar-refractivity contribution < 1.29 is 9.53 Å². The molecule has 1 saturated heterocycles. The minimum atomic E-state index is -0.0208. The number of amides is 1. The molecule has 2 heterocycles. The zero-order chi connectivity index (χ0) is 16.4. The molecule has 1 amide bonds. The van der Waals surface area contributed by atoms with Crippen molar-refractivity contribution in [3.8, 4) is 5.69 Å². The van der Waals surface area contributed by atoms with E-state index in [4.69, 9.17) is 4.74 Å². The Morgan fingerprint density at radius 1 is 1.30 bits per heavy atom. The Morgan fingerprint density at radius 2 is 2.13 bits per heavy atom. The van der Waals surface area contributed by atoms with Crippen LogP contribution in [0.1, 0.15) is 40.2 Å². The smallest absolute Gasteiger partial charge is 0.253 e. The Balaban J connectivity index is 1.81. The van der Waals surface area contributed by atoms with Crippen LogP contribution in [0.4, 0.5) is 0 Å². The highest BCUT2D eigenvalue weighted by molar-refractivity contribution is 5.95. The fourth-order valence-electron chi connectivity index (χ4n) is 3.26. The Kier molecular flexibility index (Phi) is 4.53. The van der Waals surface area contributed by atoms with E-state index in [0.717, 1.165) is 42.1 Å². The van der Waals surface area contributed by atoms with E-state index in [2.05, 4.69) is 35.0 Å². The van der Waals surface area contributed by atoms with E-state index >= 15 is 0 Å². The van der Waals surface area contributed by atoms with Crippen LogP contribution in [0.3, 0.4) is 0 Å². The lowest BCUT2D eigenvalue weighted by Crippen LogP contribution is -2.32. The molecule has 1 aliphatic rings.